The summed E-state index contributed by atoms with van der Waals surface area (Å²) in [6.07, 6.45) is 0. The van der Waals surface area contributed by atoms with E-state index in [0.717, 1.165) is 5.56 Å². The van der Waals surface area contributed by atoms with Crippen molar-refractivity contribution in [1.29, 1.82) is 5.26 Å². The fourth-order valence-electron chi connectivity index (χ4n) is 2.55. The van der Waals surface area contributed by atoms with E-state index in [1.807, 2.05) is 42.2 Å². The maximum absolute atomic E-state index is 10.8. The Morgan fingerprint density at radius 3 is 2.42 bits per heavy atom. The molecule has 8 heteroatoms. The van der Waals surface area contributed by atoms with Gasteiger partial charge in [-0.1, -0.05) is 30.3 Å². The van der Waals surface area contributed by atoms with Gasteiger partial charge in [0.15, 0.2) is 5.82 Å². The van der Waals surface area contributed by atoms with Gasteiger partial charge in [-0.05, 0) is 24.6 Å². The Bertz CT molecular complexity index is 944. The zero-order valence-electron chi connectivity index (χ0n) is 14.1. The fourth-order valence-corrected chi connectivity index (χ4v) is 2.55. The largest absolute Gasteiger partial charge is 0.349 e. The molecule has 0 fully saturated rings. The molecular weight excluding hydrogens is 332 g/mol. The Morgan fingerprint density at radius 2 is 1.85 bits per heavy atom. The van der Waals surface area contributed by atoms with Gasteiger partial charge >= 0.3 is 0 Å². The maximum Gasteiger partial charge on any atom is 0.269 e. The minimum Gasteiger partial charge on any atom is -0.349 e. The summed E-state index contributed by atoms with van der Waals surface area (Å²) in [6, 6.07) is 17.8. The highest BCUT2D eigenvalue weighted by molar-refractivity contribution is 5.51. The van der Waals surface area contributed by atoms with Crippen molar-refractivity contribution in [3.63, 3.8) is 0 Å². The molecule has 8 nitrogen and oxygen atoms in total. The summed E-state index contributed by atoms with van der Waals surface area (Å²) in [5.74, 6) is 0.484. The van der Waals surface area contributed by atoms with E-state index in [1.54, 1.807) is 12.1 Å². The van der Waals surface area contributed by atoms with Gasteiger partial charge in [-0.15, -0.1) is 15.0 Å². The minimum absolute atomic E-state index is 0.0131. The first-order valence-corrected chi connectivity index (χ1v) is 8.03. The summed E-state index contributed by atoms with van der Waals surface area (Å²) >= 11 is 0. The monoisotopic (exact) mass is 348 g/mol. The summed E-state index contributed by atoms with van der Waals surface area (Å²) in [4.78, 5) is 13.6. The van der Waals surface area contributed by atoms with Crippen LogP contribution in [0.3, 0.4) is 0 Å². The van der Waals surface area contributed by atoms with Crippen LogP contribution in [0.25, 0.3) is 5.69 Å². The lowest BCUT2D eigenvalue weighted by Gasteiger charge is -2.20. The molecule has 0 aliphatic carbocycles. The molecule has 0 radical (unpaired) electrons. The lowest BCUT2D eigenvalue weighted by molar-refractivity contribution is -0.384. The summed E-state index contributed by atoms with van der Waals surface area (Å²) in [5, 5.41) is 28.8. The zero-order chi connectivity index (χ0) is 18.5. The van der Waals surface area contributed by atoms with Crippen molar-refractivity contribution in [2.75, 3.05) is 11.4 Å². The molecule has 1 aromatic heterocycles. The Hall–Kier alpha value is -3.73. The van der Waals surface area contributed by atoms with Crippen molar-refractivity contribution in [3.05, 3.63) is 76.0 Å². The second-order valence-corrected chi connectivity index (χ2v) is 5.55. The molecule has 0 aliphatic rings. The number of hydrogen-bond donors (Lipinski definition) is 0. The van der Waals surface area contributed by atoms with Crippen molar-refractivity contribution in [3.8, 4) is 11.8 Å². The van der Waals surface area contributed by atoms with Crippen LogP contribution in [0.1, 0.15) is 18.2 Å². The number of rotatable bonds is 6. The van der Waals surface area contributed by atoms with Crippen molar-refractivity contribution >= 4 is 11.5 Å². The number of nitrogens with zero attached hydrogens (tertiary/aromatic N) is 6. The average molecular weight is 348 g/mol. The van der Waals surface area contributed by atoms with Crippen LogP contribution in [-0.2, 0) is 6.54 Å². The predicted molar refractivity (Wildman–Crippen MR) is 95.9 cm³/mol. The average Bonchev–Trinajstić information content (AvgIpc) is 3.11. The van der Waals surface area contributed by atoms with Crippen LogP contribution in [0.4, 0.5) is 11.5 Å². The maximum atomic E-state index is 10.8. The molecule has 0 atom stereocenters. The van der Waals surface area contributed by atoms with E-state index >= 15 is 0 Å². The Labute approximate surface area is 150 Å². The smallest absolute Gasteiger partial charge is 0.269 e. The summed E-state index contributed by atoms with van der Waals surface area (Å²) in [5.41, 5.74) is 1.85. The summed E-state index contributed by atoms with van der Waals surface area (Å²) in [7, 11) is 0. The van der Waals surface area contributed by atoms with Crippen molar-refractivity contribution < 1.29 is 4.92 Å². The van der Waals surface area contributed by atoms with E-state index in [0.29, 0.717) is 24.6 Å². The molecule has 0 N–H and O–H groups in total. The quantitative estimate of drug-likeness (QED) is 0.501. The van der Waals surface area contributed by atoms with Gasteiger partial charge in [0.2, 0.25) is 5.69 Å². The van der Waals surface area contributed by atoms with E-state index < -0.39 is 4.92 Å². The summed E-state index contributed by atoms with van der Waals surface area (Å²) in [6.45, 7) is 3.24. The second kappa shape index (κ2) is 7.44. The number of nitro groups is 1. The van der Waals surface area contributed by atoms with Crippen LogP contribution in [0.5, 0.6) is 0 Å². The van der Waals surface area contributed by atoms with Crippen LogP contribution in [0, 0.1) is 21.4 Å². The predicted octanol–water partition coefficient (Wildman–Crippen LogP) is 3.07. The summed E-state index contributed by atoms with van der Waals surface area (Å²) < 4.78 is 0. The van der Waals surface area contributed by atoms with Crippen LogP contribution in [-0.4, -0.2) is 26.5 Å². The van der Waals surface area contributed by atoms with Crippen molar-refractivity contribution in [1.82, 2.24) is 15.0 Å². The molecule has 3 rings (SSSR count). The number of hydrogen-bond acceptors (Lipinski definition) is 6. The van der Waals surface area contributed by atoms with Crippen molar-refractivity contribution in [2.24, 2.45) is 0 Å². The minimum atomic E-state index is -0.467. The first-order chi connectivity index (χ1) is 12.6. The van der Waals surface area contributed by atoms with Gasteiger partial charge in [-0.3, -0.25) is 10.1 Å². The number of anilines is 1. The molecule has 0 amide bonds. The van der Waals surface area contributed by atoms with E-state index in [2.05, 4.69) is 16.3 Å². The first-order valence-electron chi connectivity index (χ1n) is 8.03. The molecule has 0 aliphatic heterocycles. The van der Waals surface area contributed by atoms with Gasteiger partial charge in [0.1, 0.15) is 6.07 Å². The van der Waals surface area contributed by atoms with Crippen LogP contribution in [0.2, 0.25) is 0 Å². The zero-order valence-corrected chi connectivity index (χ0v) is 14.1. The standard InChI is InChI=1S/C18H16N6O2/c1-2-22(13-14-6-4-3-5-7-14)18-17(12-19)20-23(21-18)15-8-10-16(11-9-15)24(25)26/h3-11H,2,13H2,1H3. The highest BCUT2D eigenvalue weighted by atomic mass is 16.6. The molecule has 0 bridgehead atoms. The number of benzene rings is 2. The normalized spacial score (nSPS) is 10.3. The van der Waals surface area contributed by atoms with E-state index in [1.165, 1.54) is 16.9 Å². The first kappa shape index (κ1) is 17.1. The molecule has 2 aromatic carbocycles. The molecule has 0 spiro atoms. The third kappa shape index (κ3) is 3.52. The number of aromatic nitrogens is 3. The van der Waals surface area contributed by atoms with E-state index in [4.69, 9.17) is 0 Å². The second-order valence-electron chi connectivity index (χ2n) is 5.55. The third-order valence-corrected chi connectivity index (χ3v) is 3.89. The van der Waals surface area contributed by atoms with Gasteiger partial charge in [-0.25, -0.2) is 0 Å². The van der Waals surface area contributed by atoms with Gasteiger partial charge in [0, 0.05) is 25.2 Å². The van der Waals surface area contributed by atoms with Gasteiger partial charge in [-0.2, -0.15) is 5.26 Å². The van der Waals surface area contributed by atoms with E-state index in [9.17, 15) is 15.4 Å². The van der Waals surface area contributed by atoms with Crippen LogP contribution >= 0.6 is 0 Å². The topological polar surface area (TPSA) is 101 Å². The van der Waals surface area contributed by atoms with Gasteiger partial charge < -0.3 is 4.90 Å². The lowest BCUT2D eigenvalue weighted by Crippen LogP contribution is -2.23. The van der Waals surface area contributed by atoms with Crippen LogP contribution in [0.15, 0.2) is 54.6 Å². The van der Waals surface area contributed by atoms with Gasteiger partial charge in [0.05, 0.1) is 10.6 Å². The number of non-ortho nitro benzene ring substituents is 1. The Balaban J connectivity index is 1.92. The molecule has 130 valence electrons. The molecular formula is C18H16N6O2. The van der Waals surface area contributed by atoms with Crippen LogP contribution < -0.4 is 4.90 Å². The Kier molecular flexibility index (Phi) is 4.90. The molecule has 3 aromatic rings. The number of nitro benzene ring substituents is 1. The fraction of sp³-hybridized carbons (Fsp3) is 0.167. The van der Waals surface area contributed by atoms with E-state index in [-0.39, 0.29) is 11.4 Å². The molecule has 0 unspecified atom stereocenters. The highest BCUT2D eigenvalue weighted by Gasteiger charge is 2.18. The number of nitriles is 1. The molecule has 0 saturated carbocycles. The molecule has 26 heavy (non-hydrogen) atoms. The highest BCUT2D eigenvalue weighted by Crippen LogP contribution is 2.21. The molecule has 0 saturated heterocycles. The third-order valence-electron chi connectivity index (χ3n) is 3.89. The van der Waals surface area contributed by atoms with Gasteiger partial charge in [0.25, 0.3) is 5.69 Å². The van der Waals surface area contributed by atoms with Crippen molar-refractivity contribution in [2.45, 2.75) is 13.5 Å². The lowest BCUT2D eigenvalue weighted by atomic mass is 10.2. The Morgan fingerprint density at radius 1 is 1.15 bits per heavy atom. The SMILES string of the molecule is CCN(Cc1ccccc1)c1nn(-c2ccc([N+](=O)[O-])cc2)nc1C#N. The molecule has 1 heterocycles.